The summed E-state index contributed by atoms with van der Waals surface area (Å²) in [6.45, 7) is 0.0879. The van der Waals surface area contributed by atoms with E-state index in [1.54, 1.807) is 12.1 Å². The monoisotopic (exact) mass is 496 g/mol. The summed E-state index contributed by atoms with van der Waals surface area (Å²) in [6.07, 6.45) is 0. The fourth-order valence-electron chi connectivity index (χ4n) is 2.65. The molecule has 4 aromatic rings. The molecule has 5 nitrogen and oxygen atoms in total. The molecule has 0 unspecified atom stereocenters. The minimum absolute atomic E-state index is 0.0133. The predicted octanol–water partition coefficient (Wildman–Crippen LogP) is 7.89. The molecule has 0 amide bonds. The molecule has 30 heavy (non-hydrogen) atoms. The highest BCUT2D eigenvalue weighted by Gasteiger charge is 2.18. The van der Waals surface area contributed by atoms with Crippen LogP contribution in [0.4, 0.5) is 5.69 Å². The van der Waals surface area contributed by atoms with Crippen LogP contribution in [0, 0.1) is 10.1 Å². The lowest BCUT2D eigenvalue weighted by atomic mass is 10.2. The average Bonchev–Trinajstić information content (AvgIpc) is 3.12. The Bertz CT molecular complexity index is 1230. The van der Waals surface area contributed by atoms with Crippen molar-refractivity contribution in [3.8, 4) is 5.75 Å². The van der Waals surface area contributed by atoms with Crippen LogP contribution in [0.1, 0.15) is 5.56 Å². The largest absolute Gasteiger partial charge is 0.487 e. The van der Waals surface area contributed by atoms with Gasteiger partial charge in [0.05, 0.1) is 35.1 Å². The molecule has 152 valence electrons. The highest BCUT2D eigenvalue weighted by atomic mass is 35.5. The van der Waals surface area contributed by atoms with Gasteiger partial charge in [0.25, 0.3) is 5.69 Å². The fourth-order valence-corrected chi connectivity index (χ4v) is 5.35. The summed E-state index contributed by atoms with van der Waals surface area (Å²) < 4.78 is 7.45. The van der Waals surface area contributed by atoms with E-state index in [1.165, 1.54) is 41.3 Å². The second kappa shape index (κ2) is 8.99. The van der Waals surface area contributed by atoms with E-state index in [4.69, 9.17) is 39.5 Å². The number of ether oxygens (including phenoxy) is 1. The number of fused-ring (bicyclic) bond motifs is 1. The molecule has 0 saturated carbocycles. The van der Waals surface area contributed by atoms with E-state index in [-0.39, 0.29) is 12.3 Å². The number of nitro groups is 1. The maximum Gasteiger partial charge on any atom is 0.283 e. The number of halogens is 3. The van der Waals surface area contributed by atoms with E-state index in [2.05, 4.69) is 4.98 Å². The SMILES string of the molecule is O=[N+]([O-])c1cc(COc2cc(Cl)c(Cl)cc2Cl)ccc1Sc1nc2ccccc2s1. The number of benzene rings is 3. The zero-order chi connectivity index (χ0) is 21.3. The lowest BCUT2D eigenvalue weighted by Gasteiger charge is -2.10. The molecule has 1 heterocycles. The Kier molecular flexibility index (Phi) is 6.36. The molecule has 0 aliphatic rings. The van der Waals surface area contributed by atoms with Crippen molar-refractivity contribution < 1.29 is 9.66 Å². The summed E-state index contributed by atoms with van der Waals surface area (Å²) in [5, 5.41) is 12.6. The average molecular weight is 498 g/mol. The first kappa shape index (κ1) is 21.2. The van der Waals surface area contributed by atoms with Gasteiger partial charge < -0.3 is 4.74 Å². The van der Waals surface area contributed by atoms with Crippen molar-refractivity contribution in [2.45, 2.75) is 15.8 Å². The zero-order valence-corrected chi connectivity index (χ0v) is 18.9. The summed E-state index contributed by atoms with van der Waals surface area (Å²) in [6, 6.07) is 15.7. The van der Waals surface area contributed by atoms with Gasteiger partial charge >= 0.3 is 0 Å². The first-order valence-corrected chi connectivity index (χ1v) is 11.3. The van der Waals surface area contributed by atoms with E-state index >= 15 is 0 Å². The van der Waals surface area contributed by atoms with Crippen molar-refractivity contribution in [3.63, 3.8) is 0 Å². The maximum atomic E-state index is 11.6. The van der Waals surface area contributed by atoms with Crippen LogP contribution in [0.25, 0.3) is 10.2 Å². The van der Waals surface area contributed by atoms with Crippen molar-refractivity contribution in [3.05, 3.63) is 85.3 Å². The Morgan fingerprint density at radius 3 is 2.57 bits per heavy atom. The molecule has 0 radical (unpaired) electrons. The summed E-state index contributed by atoms with van der Waals surface area (Å²) in [4.78, 5) is 16.3. The summed E-state index contributed by atoms with van der Waals surface area (Å²) >= 11 is 20.8. The van der Waals surface area contributed by atoms with Gasteiger partial charge in [-0.2, -0.15) is 0 Å². The number of para-hydroxylation sites is 1. The topological polar surface area (TPSA) is 65.3 Å². The maximum absolute atomic E-state index is 11.6. The van der Waals surface area contributed by atoms with Gasteiger partial charge in [0.2, 0.25) is 0 Å². The molecule has 10 heteroatoms. The number of hydrogen-bond acceptors (Lipinski definition) is 6. The normalized spacial score (nSPS) is 11.0. The van der Waals surface area contributed by atoms with Gasteiger partial charge in [0.15, 0.2) is 4.34 Å². The van der Waals surface area contributed by atoms with Gasteiger partial charge in [-0.05, 0) is 29.8 Å². The number of hydrogen-bond donors (Lipinski definition) is 0. The van der Waals surface area contributed by atoms with Crippen LogP contribution < -0.4 is 4.74 Å². The van der Waals surface area contributed by atoms with Crippen LogP contribution >= 0.6 is 57.9 Å². The minimum atomic E-state index is -0.411. The Hall–Kier alpha value is -2.03. The van der Waals surface area contributed by atoms with Gasteiger partial charge in [-0.3, -0.25) is 10.1 Å². The van der Waals surface area contributed by atoms with E-state index in [1.807, 2.05) is 24.3 Å². The standard InChI is InChI=1S/C20H11Cl3N2O3S2/c21-12-8-14(23)17(9-13(12)22)28-10-11-5-6-19(16(7-11)25(26)27)30-20-24-15-3-1-2-4-18(15)29-20/h1-9H,10H2. The summed E-state index contributed by atoms with van der Waals surface area (Å²) in [7, 11) is 0. The van der Waals surface area contributed by atoms with Gasteiger partial charge in [0.1, 0.15) is 12.4 Å². The Balaban J connectivity index is 1.56. The molecule has 0 spiro atoms. The quantitative estimate of drug-likeness (QED) is 0.154. The van der Waals surface area contributed by atoms with E-state index in [0.29, 0.717) is 31.3 Å². The molecular formula is C20H11Cl3N2O3S2. The van der Waals surface area contributed by atoms with Crippen molar-refractivity contribution in [1.82, 2.24) is 4.98 Å². The molecule has 0 bridgehead atoms. The molecule has 0 aliphatic carbocycles. The lowest BCUT2D eigenvalue weighted by molar-refractivity contribution is -0.387. The smallest absolute Gasteiger partial charge is 0.283 e. The second-order valence-electron chi connectivity index (χ2n) is 6.09. The molecule has 0 atom stereocenters. The van der Waals surface area contributed by atoms with Gasteiger partial charge in [-0.1, -0.05) is 64.8 Å². The van der Waals surface area contributed by atoms with Crippen LogP contribution in [-0.2, 0) is 6.61 Å². The molecule has 1 aromatic heterocycles. The van der Waals surface area contributed by atoms with Crippen LogP contribution in [-0.4, -0.2) is 9.91 Å². The number of thiazole rings is 1. The third-order valence-corrected chi connectivity index (χ3v) is 7.24. The Labute approximate surface area is 194 Å². The van der Waals surface area contributed by atoms with Gasteiger partial charge in [0, 0.05) is 12.1 Å². The third kappa shape index (κ3) is 4.66. The molecular weight excluding hydrogens is 487 g/mol. The van der Waals surface area contributed by atoms with Crippen LogP contribution in [0.15, 0.2) is 63.8 Å². The zero-order valence-electron chi connectivity index (χ0n) is 15.0. The van der Waals surface area contributed by atoms with Crippen molar-refractivity contribution >= 4 is 73.8 Å². The van der Waals surface area contributed by atoms with Gasteiger partial charge in [-0.25, -0.2) is 4.98 Å². The highest BCUT2D eigenvalue weighted by Crippen LogP contribution is 2.39. The molecule has 4 rings (SSSR count). The molecule has 3 aromatic carbocycles. The number of rotatable bonds is 6. The Morgan fingerprint density at radius 1 is 1.03 bits per heavy atom. The van der Waals surface area contributed by atoms with Crippen LogP contribution in [0.3, 0.4) is 0 Å². The molecule has 0 N–H and O–H groups in total. The first-order valence-electron chi connectivity index (χ1n) is 8.49. The molecule has 0 saturated heterocycles. The van der Waals surface area contributed by atoms with Crippen LogP contribution in [0.2, 0.25) is 15.1 Å². The highest BCUT2D eigenvalue weighted by molar-refractivity contribution is 8.01. The van der Waals surface area contributed by atoms with E-state index in [9.17, 15) is 10.1 Å². The summed E-state index contributed by atoms with van der Waals surface area (Å²) in [5.74, 6) is 0.349. The molecule has 0 aliphatic heterocycles. The van der Waals surface area contributed by atoms with E-state index in [0.717, 1.165) is 14.6 Å². The van der Waals surface area contributed by atoms with Crippen LogP contribution in [0.5, 0.6) is 5.75 Å². The van der Waals surface area contributed by atoms with Gasteiger partial charge in [-0.15, -0.1) is 11.3 Å². The number of nitrogens with zero attached hydrogens (tertiary/aromatic N) is 2. The van der Waals surface area contributed by atoms with Crippen molar-refractivity contribution in [2.24, 2.45) is 0 Å². The van der Waals surface area contributed by atoms with Crippen molar-refractivity contribution in [1.29, 1.82) is 0 Å². The number of nitro benzene ring substituents is 1. The molecule has 0 fully saturated rings. The Morgan fingerprint density at radius 2 is 1.80 bits per heavy atom. The minimum Gasteiger partial charge on any atom is -0.487 e. The van der Waals surface area contributed by atoms with Crippen molar-refractivity contribution in [2.75, 3.05) is 0 Å². The number of aromatic nitrogens is 1. The first-order chi connectivity index (χ1) is 14.4. The summed E-state index contributed by atoms with van der Waals surface area (Å²) in [5.41, 5.74) is 1.48. The predicted molar refractivity (Wildman–Crippen MR) is 123 cm³/mol. The second-order valence-corrected chi connectivity index (χ2v) is 9.64. The third-order valence-electron chi connectivity index (χ3n) is 4.06. The lowest BCUT2D eigenvalue weighted by Crippen LogP contribution is -1.99. The van der Waals surface area contributed by atoms with E-state index < -0.39 is 4.92 Å². The fraction of sp³-hybridized carbons (Fsp3) is 0.0500.